The fourth-order valence-corrected chi connectivity index (χ4v) is 13.9. The minimum Gasteiger partial charge on any atom is -0.481 e. The Morgan fingerprint density at radius 1 is 0.515 bits per heavy atom. The van der Waals surface area contributed by atoms with Gasteiger partial charge < -0.3 is 33.9 Å². The predicted octanol–water partition coefficient (Wildman–Crippen LogP) is 14.7. The maximum absolute atomic E-state index is 13.2. The third kappa shape index (κ3) is 22.5. The summed E-state index contributed by atoms with van der Waals surface area (Å²) in [5.74, 6) is -0.562. The van der Waals surface area contributed by atoms with E-state index in [9.17, 15) is 14.4 Å². The first-order valence-electron chi connectivity index (χ1n) is 38.3. The first-order chi connectivity index (χ1) is 48.2. The number of aromatic nitrogens is 6. The topological polar surface area (TPSA) is 153 Å². The van der Waals surface area contributed by atoms with Crippen molar-refractivity contribution in [3.8, 4) is 0 Å². The molecule has 6 heterocycles. The number of carboxylic acid groups (broad SMARTS) is 1. The molecule has 7 unspecified atom stereocenters. The summed E-state index contributed by atoms with van der Waals surface area (Å²) in [4.78, 5) is 61.5. The summed E-state index contributed by atoms with van der Waals surface area (Å²) < 4.78 is 33.4. The molecule has 3 aromatic carbocycles. The first-order valence-corrected chi connectivity index (χ1v) is 36.2. The summed E-state index contributed by atoms with van der Waals surface area (Å²) >= 11 is 0. The van der Waals surface area contributed by atoms with Crippen LogP contribution in [0, 0.1) is 57.6 Å². The van der Waals surface area contributed by atoms with E-state index in [1.165, 1.54) is 44.9 Å². The van der Waals surface area contributed by atoms with Crippen molar-refractivity contribution in [1.29, 1.82) is 0 Å². The third-order valence-corrected chi connectivity index (χ3v) is 19.8. The maximum Gasteiger partial charge on any atom is 0.307 e. The van der Waals surface area contributed by atoms with Crippen LogP contribution >= 0.6 is 0 Å². The van der Waals surface area contributed by atoms with Gasteiger partial charge in [-0.3, -0.25) is 29.1 Å². The average molecular weight is 1340 g/mol. The van der Waals surface area contributed by atoms with Crippen LogP contribution in [0.15, 0.2) is 152 Å². The highest BCUT2D eigenvalue weighted by molar-refractivity contribution is 5.84. The Kier molecular flexibility index (Phi) is 29.0. The van der Waals surface area contributed by atoms with Crippen molar-refractivity contribution in [3.05, 3.63) is 186 Å². The molecule has 16 heteroatoms. The Balaban J connectivity index is 0.000000246. The van der Waals surface area contributed by atoms with Crippen molar-refractivity contribution in [2.75, 3.05) is 78.5 Å². The van der Waals surface area contributed by atoms with E-state index in [1.54, 1.807) is 13.8 Å². The van der Waals surface area contributed by atoms with Crippen molar-refractivity contribution in [2.24, 2.45) is 57.6 Å². The molecule has 0 radical (unpaired) electrons. The Morgan fingerprint density at radius 2 is 0.835 bits per heavy atom. The van der Waals surface area contributed by atoms with Gasteiger partial charge in [0.15, 0.2) is 0 Å². The smallest absolute Gasteiger partial charge is 0.307 e. The molecule has 6 aromatic rings. The number of carbonyl (C=O) groups excluding carboxylic acids is 2. The summed E-state index contributed by atoms with van der Waals surface area (Å²) in [6, 6.07) is 31.4. The van der Waals surface area contributed by atoms with Crippen LogP contribution in [0.5, 0.6) is 0 Å². The minimum atomic E-state index is -0.849. The van der Waals surface area contributed by atoms with Crippen LogP contribution in [-0.4, -0.2) is 155 Å². The number of amides is 2. The summed E-state index contributed by atoms with van der Waals surface area (Å²) in [6.45, 7) is 52.7. The second-order valence-corrected chi connectivity index (χ2v) is 28.8. The number of hydrogen-bond acceptors (Lipinski definition) is 10. The second kappa shape index (κ2) is 37.8. The number of carboxylic acids is 1. The largest absolute Gasteiger partial charge is 0.481 e. The average Bonchev–Trinajstić information content (AvgIpc) is 1.56. The number of benzene rings is 3. The van der Waals surface area contributed by atoms with Gasteiger partial charge in [-0.2, -0.15) is 0 Å². The van der Waals surface area contributed by atoms with Crippen molar-refractivity contribution in [1.82, 2.24) is 58.5 Å². The predicted molar refractivity (Wildman–Crippen MR) is 400 cm³/mol. The van der Waals surface area contributed by atoms with E-state index in [4.69, 9.17) is 10.8 Å². The monoisotopic (exact) mass is 1340 g/mol. The van der Waals surface area contributed by atoms with Crippen LogP contribution in [0.3, 0.4) is 0 Å². The van der Waals surface area contributed by atoms with Crippen molar-refractivity contribution in [3.63, 3.8) is 0 Å². The van der Waals surface area contributed by atoms with E-state index in [0.29, 0.717) is 11.8 Å². The molecule has 0 spiro atoms. The number of nitrogens with one attached hydrogen (secondary N) is 1. The molecule has 3 saturated carbocycles. The van der Waals surface area contributed by atoms with Crippen LogP contribution in [-0.2, 0) is 53.7 Å². The lowest BCUT2D eigenvalue weighted by molar-refractivity contribution is -0.139. The van der Waals surface area contributed by atoms with Gasteiger partial charge in [0.25, 0.3) is 0 Å². The molecule has 2 N–H and O–H groups in total. The lowest BCUT2D eigenvalue weighted by atomic mass is 10.0. The molecule has 2 amide bonds. The van der Waals surface area contributed by atoms with Gasteiger partial charge in [0, 0.05) is 148 Å². The van der Waals surface area contributed by atoms with Gasteiger partial charge in [0.05, 0.1) is 47.9 Å². The summed E-state index contributed by atoms with van der Waals surface area (Å²) in [5.41, 5.74) is 9.95. The molecule has 7 atom stereocenters. The van der Waals surface area contributed by atoms with E-state index >= 15 is 0 Å². The summed E-state index contributed by atoms with van der Waals surface area (Å²) in [7, 11) is 0. The second-order valence-electron chi connectivity index (χ2n) is 28.8. The number of carbonyl (C=O) groups is 3. The van der Waals surface area contributed by atoms with Crippen molar-refractivity contribution < 1.29 is 25.2 Å². The first kappa shape index (κ1) is 74.2. The van der Waals surface area contributed by atoms with Gasteiger partial charge in [-0.05, 0) is 90.7 Å². The summed E-state index contributed by atoms with van der Waals surface area (Å²) in [6.07, 6.45) is 15.5. The fraction of sp³-hybridized carbons (Fsp3) is 0.580. The van der Waals surface area contributed by atoms with E-state index in [1.807, 2.05) is 124 Å². The van der Waals surface area contributed by atoms with Gasteiger partial charge in [-0.1, -0.05) is 211 Å². The Hall–Kier alpha value is -6.98. The number of piperazine rings is 3. The van der Waals surface area contributed by atoms with Crippen LogP contribution < -0.4 is 5.32 Å². The van der Waals surface area contributed by atoms with Gasteiger partial charge in [-0.25, -0.2) is 15.0 Å². The Labute approximate surface area is 590 Å². The maximum atomic E-state index is 13.2. The summed E-state index contributed by atoms with van der Waals surface area (Å²) in [5, 5.41) is 12.2. The normalized spacial score (nSPS) is 22.6. The van der Waals surface area contributed by atoms with Crippen LogP contribution in [0.25, 0.3) is 0 Å². The Bertz CT molecular complexity index is 3440. The molecular weight excluding hydrogens is 1200 g/mol. The molecule has 3 saturated heterocycles. The molecule has 0 bridgehead atoms. The molecule has 12 rings (SSSR count). The number of rotatable bonds is 19. The molecule has 6 aliphatic rings. The molecule has 3 aromatic heterocycles. The van der Waals surface area contributed by atoms with Crippen LogP contribution in [0.4, 0.5) is 0 Å². The van der Waals surface area contributed by atoms with Gasteiger partial charge in [0.2, 0.25) is 11.8 Å². The Morgan fingerprint density at radius 3 is 1.15 bits per heavy atom. The standard InChI is InChI=1S/C25H36N4O.C25H34N4O.C15H20N4.C10H16O2.3C2H6.H2/c2*1-19(2)14-22-23(25(22,3)4)24(30)28-12-10-27(11-13-28)17-21-15-26-18-29(21)16-20-8-6-5-7-9-20;1-2-4-14(5-3-1)11-19-13-17-10-15(19)12-18-8-6-16-7-9-18;1-6(2)5-7-8(9(11)12)10(7,3)4;3*1-2;/h5-9,15,18-19,22-23H,10-14,16-17H2,1-4H3;5-9,14-15,18,22-23H,10-13,16-17H2,1-4H3;1-5,10,13,16H,6-9,11-12H2;5,7-8H,1-4H3,(H,11,12);3*1-2H3;1H/i14T,19T;;;;;;;1+2T. The zero-order valence-corrected chi connectivity index (χ0v) is 62.6. The van der Waals surface area contributed by atoms with Crippen molar-refractivity contribution in [2.45, 2.75) is 170 Å². The highest BCUT2D eigenvalue weighted by Crippen LogP contribution is 2.62. The lowest BCUT2D eigenvalue weighted by Gasteiger charge is -2.35. The molecule has 6 fully saturated rings. The molecule has 97 heavy (non-hydrogen) atoms. The SMILES string of the molecule is CC.CC.CC.CC(C)=CC1C(C(=O)N2CCN(Cc3cncn3Cc3ccccc3)CC2)C1(C)C.CC(C)=CC1C(C(=O)O)C1(C)C.[3H]C(C1C(C(=O)N2CCN(Cc3cncn3Cc3ccccc3)CC2)C1(C)C)C([3H])(C)C.[3H][3H].c1ccc(Cn2cncc2CN2CCNCC2)cc1. The number of hydrogen-bond donors (Lipinski definition) is 2. The van der Waals surface area contributed by atoms with Crippen molar-refractivity contribution >= 4 is 17.8 Å². The molecular formula is C81H126N12O4. The minimum absolute atomic E-state index is 0.0344. The van der Waals surface area contributed by atoms with E-state index in [2.05, 4.69) is 186 Å². The van der Waals surface area contributed by atoms with Gasteiger partial charge >= 0.3 is 5.97 Å². The molecule has 16 nitrogen and oxygen atoms in total. The lowest BCUT2D eigenvalue weighted by Crippen LogP contribution is -2.49. The van der Waals surface area contributed by atoms with E-state index < -0.39 is 18.3 Å². The number of allylic oxidation sites excluding steroid dienone is 4. The zero-order valence-electron chi connectivity index (χ0n) is 66.6. The van der Waals surface area contributed by atoms with Crippen LogP contribution in [0.2, 0.25) is 0 Å². The fourth-order valence-electron chi connectivity index (χ4n) is 13.9. The van der Waals surface area contributed by atoms with E-state index in [-0.39, 0.29) is 51.7 Å². The molecule has 534 valence electrons. The molecule has 3 aliphatic heterocycles. The van der Waals surface area contributed by atoms with Gasteiger partial charge in [-0.15, -0.1) is 0 Å². The zero-order chi connectivity index (χ0) is 74.8. The highest BCUT2D eigenvalue weighted by atomic mass is 16.4. The van der Waals surface area contributed by atoms with Crippen LogP contribution in [0.1, 0.15) is 171 Å². The number of aliphatic carboxylic acids is 1. The van der Waals surface area contributed by atoms with E-state index in [0.717, 1.165) is 118 Å². The molecule has 3 aliphatic carbocycles. The quantitative estimate of drug-likeness (QED) is 0.0745. The van der Waals surface area contributed by atoms with Gasteiger partial charge in [0.1, 0.15) is 0 Å². The highest BCUT2D eigenvalue weighted by Gasteiger charge is 2.63. The number of imidazole rings is 3. The third-order valence-electron chi connectivity index (χ3n) is 19.8. The number of nitrogens with zero attached hydrogens (tertiary/aromatic N) is 11.